The van der Waals surface area contributed by atoms with Crippen LogP contribution in [0.5, 0.6) is 5.75 Å². The number of nitrogens with one attached hydrogen (secondary N) is 2. The molecule has 0 radical (unpaired) electrons. The zero-order valence-corrected chi connectivity index (χ0v) is 16.4. The zero-order chi connectivity index (χ0) is 20.9. The highest BCUT2D eigenvalue weighted by atomic mass is 35.5. The normalized spacial score (nSPS) is 23.9. The monoisotopic (exact) mass is 429 g/mol. The number of nitrogens with zero attached hydrogens (tertiary/aromatic N) is 3. The first-order valence-electron chi connectivity index (χ1n) is 9.37. The molecule has 0 aliphatic heterocycles. The van der Waals surface area contributed by atoms with Gasteiger partial charge in [0.05, 0.1) is 11.2 Å². The molecule has 2 heterocycles. The van der Waals surface area contributed by atoms with Crippen molar-refractivity contribution in [1.29, 1.82) is 0 Å². The number of amides is 2. The van der Waals surface area contributed by atoms with Crippen molar-refractivity contribution in [2.45, 2.75) is 30.3 Å². The van der Waals surface area contributed by atoms with E-state index in [1.165, 1.54) is 12.1 Å². The van der Waals surface area contributed by atoms with Crippen molar-refractivity contribution in [2.75, 3.05) is 6.61 Å². The fourth-order valence-corrected chi connectivity index (χ4v) is 4.46. The Hall–Kier alpha value is -3.20. The van der Waals surface area contributed by atoms with Gasteiger partial charge in [0.1, 0.15) is 17.3 Å². The van der Waals surface area contributed by atoms with Crippen LogP contribution in [-0.4, -0.2) is 44.1 Å². The largest absolute Gasteiger partial charge is 0.484 e. The lowest BCUT2D eigenvalue weighted by Crippen LogP contribution is -2.84. The molecule has 2 N–H and O–H groups in total. The van der Waals surface area contributed by atoms with E-state index >= 15 is 0 Å². The van der Waals surface area contributed by atoms with Gasteiger partial charge >= 0.3 is 0 Å². The number of ether oxygens (including phenoxy) is 1. The third kappa shape index (κ3) is 3.24. The molecule has 0 saturated heterocycles. The molecule has 2 bridgehead atoms. The Bertz CT molecular complexity index is 1160. The molecule has 3 aliphatic rings. The standard InChI is InChI=1S/C20H17ClFN5O3/c21-13-2-1-12(7-14(13)22)30-8-17(28)25-19-9-20(10-19,11-19)26-18(29)15-4-6-27-16(24-15)3-5-23-27/h1-7H,8-11H2,(H,25,28)(H,26,29). The second-order valence-electron chi connectivity index (χ2n) is 7.90. The maximum absolute atomic E-state index is 13.4. The van der Waals surface area contributed by atoms with Crippen LogP contribution in [0.25, 0.3) is 5.65 Å². The Morgan fingerprint density at radius 1 is 1.17 bits per heavy atom. The number of hydrogen-bond acceptors (Lipinski definition) is 5. The first-order chi connectivity index (χ1) is 14.4. The minimum absolute atomic E-state index is 0.00618. The second kappa shape index (κ2) is 6.66. The van der Waals surface area contributed by atoms with Gasteiger partial charge in [0, 0.05) is 29.4 Å². The maximum atomic E-state index is 13.4. The highest BCUT2D eigenvalue weighted by Crippen LogP contribution is 2.60. The zero-order valence-electron chi connectivity index (χ0n) is 15.7. The SMILES string of the molecule is O=C(COc1ccc(Cl)c(F)c1)NC12CC(NC(=O)c3ccn4nccc4n3)(C1)C2. The fraction of sp³-hybridized carbons (Fsp3) is 0.300. The minimum Gasteiger partial charge on any atom is -0.484 e. The summed E-state index contributed by atoms with van der Waals surface area (Å²) in [4.78, 5) is 29.0. The van der Waals surface area contributed by atoms with Gasteiger partial charge in [-0.25, -0.2) is 13.9 Å². The van der Waals surface area contributed by atoms with Crippen LogP contribution >= 0.6 is 11.6 Å². The lowest BCUT2D eigenvalue weighted by Gasteiger charge is -2.70. The minimum atomic E-state index is -0.603. The second-order valence-corrected chi connectivity index (χ2v) is 8.31. The van der Waals surface area contributed by atoms with Gasteiger partial charge in [-0.1, -0.05) is 11.6 Å². The number of hydrogen-bond donors (Lipinski definition) is 2. The Kier molecular flexibility index (Phi) is 4.18. The smallest absolute Gasteiger partial charge is 0.270 e. The van der Waals surface area contributed by atoms with E-state index in [0.717, 1.165) is 6.07 Å². The Morgan fingerprint density at radius 3 is 2.70 bits per heavy atom. The molecule has 3 saturated carbocycles. The molecule has 0 atom stereocenters. The average molecular weight is 430 g/mol. The van der Waals surface area contributed by atoms with Crippen LogP contribution in [0.1, 0.15) is 29.8 Å². The van der Waals surface area contributed by atoms with E-state index in [4.69, 9.17) is 16.3 Å². The first kappa shape index (κ1) is 18.8. The quantitative estimate of drug-likeness (QED) is 0.625. The lowest BCUT2D eigenvalue weighted by molar-refractivity contribution is -0.141. The summed E-state index contributed by atoms with van der Waals surface area (Å²) in [6.45, 7) is -0.225. The molecule has 3 fully saturated rings. The number of halogens is 2. The first-order valence-corrected chi connectivity index (χ1v) is 9.75. The van der Waals surface area contributed by atoms with Gasteiger partial charge in [-0.15, -0.1) is 0 Å². The molecule has 154 valence electrons. The Labute approximate surface area is 175 Å². The number of rotatable bonds is 6. The van der Waals surface area contributed by atoms with E-state index in [1.54, 1.807) is 29.0 Å². The van der Waals surface area contributed by atoms with Crippen molar-refractivity contribution >= 4 is 29.1 Å². The molecule has 0 spiro atoms. The Morgan fingerprint density at radius 2 is 1.93 bits per heavy atom. The number of fused-ring (bicyclic) bond motifs is 1. The molecule has 30 heavy (non-hydrogen) atoms. The van der Waals surface area contributed by atoms with E-state index in [-0.39, 0.29) is 40.3 Å². The van der Waals surface area contributed by atoms with Crippen molar-refractivity contribution in [2.24, 2.45) is 0 Å². The third-order valence-electron chi connectivity index (χ3n) is 5.57. The van der Waals surface area contributed by atoms with Crippen LogP contribution in [0, 0.1) is 5.82 Å². The van der Waals surface area contributed by atoms with Crippen molar-refractivity contribution < 1.29 is 18.7 Å². The molecule has 1 aromatic carbocycles. The van der Waals surface area contributed by atoms with Crippen LogP contribution in [-0.2, 0) is 4.79 Å². The van der Waals surface area contributed by atoms with Crippen LogP contribution < -0.4 is 15.4 Å². The van der Waals surface area contributed by atoms with Crippen LogP contribution in [0.3, 0.4) is 0 Å². The molecule has 3 aromatic rings. The summed E-state index contributed by atoms with van der Waals surface area (Å²) < 4.78 is 20.3. The van der Waals surface area contributed by atoms with Crippen LogP contribution in [0.2, 0.25) is 5.02 Å². The number of carbonyl (C=O) groups excluding carboxylic acids is 2. The van der Waals surface area contributed by atoms with Gasteiger partial charge in [-0.05, 0) is 37.5 Å². The molecular formula is C20H17ClFN5O3. The topological polar surface area (TPSA) is 97.6 Å². The highest BCUT2D eigenvalue weighted by molar-refractivity contribution is 6.30. The molecule has 3 aliphatic carbocycles. The molecule has 2 aromatic heterocycles. The molecule has 0 unspecified atom stereocenters. The predicted molar refractivity (Wildman–Crippen MR) is 105 cm³/mol. The van der Waals surface area contributed by atoms with Crippen molar-refractivity contribution in [3.05, 3.63) is 59.3 Å². The van der Waals surface area contributed by atoms with E-state index in [9.17, 15) is 14.0 Å². The number of benzene rings is 1. The summed E-state index contributed by atoms with van der Waals surface area (Å²) in [5.41, 5.74) is 0.305. The highest BCUT2D eigenvalue weighted by Gasteiger charge is 2.69. The van der Waals surface area contributed by atoms with Gasteiger partial charge in [0.2, 0.25) is 0 Å². The Balaban J connectivity index is 1.11. The summed E-state index contributed by atoms with van der Waals surface area (Å²) in [6.07, 6.45) is 5.27. The average Bonchev–Trinajstić information content (AvgIpc) is 3.14. The predicted octanol–water partition coefficient (Wildman–Crippen LogP) is 2.12. The van der Waals surface area contributed by atoms with E-state index in [2.05, 4.69) is 20.7 Å². The molecule has 10 heteroatoms. The summed E-state index contributed by atoms with van der Waals surface area (Å²) in [5.74, 6) is -0.908. The summed E-state index contributed by atoms with van der Waals surface area (Å²) in [7, 11) is 0. The third-order valence-corrected chi connectivity index (χ3v) is 5.87. The van der Waals surface area contributed by atoms with Gasteiger partial charge in [-0.2, -0.15) is 5.10 Å². The van der Waals surface area contributed by atoms with Crippen molar-refractivity contribution in [3.8, 4) is 5.75 Å². The van der Waals surface area contributed by atoms with Crippen molar-refractivity contribution in [3.63, 3.8) is 0 Å². The number of carbonyl (C=O) groups is 2. The van der Waals surface area contributed by atoms with Gasteiger partial charge in [0.15, 0.2) is 12.3 Å². The van der Waals surface area contributed by atoms with Gasteiger partial charge < -0.3 is 15.4 Å². The summed E-state index contributed by atoms with van der Waals surface area (Å²) in [5, 5.41) is 10.0. The molecule has 8 nitrogen and oxygen atoms in total. The number of aromatic nitrogens is 3. The van der Waals surface area contributed by atoms with Gasteiger partial charge in [0.25, 0.3) is 11.8 Å². The van der Waals surface area contributed by atoms with Crippen LogP contribution in [0.15, 0.2) is 42.7 Å². The maximum Gasteiger partial charge on any atom is 0.270 e. The van der Waals surface area contributed by atoms with Crippen molar-refractivity contribution in [1.82, 2.24) is 25.2 Å². The lowest BCUT2D eigenvalue weighted by atomic mass is 9.44. The summed E-state index contributed by atoms with van der Waals surface area (Å²) >= 11 is 5.62. The fourth-order valence-electron chi connectivity index (χ4n) is 4.34. The van der Waals surface area contributed by atoms with Crippen LogP contribution in [0.4, 0.5) is 4.39 Å². The molecule has 2 amide bonds. The van der Waals surface area contributed by atoms with E-state index in [1.807, 2.05) is 0 Å². The van der Waals surface area contributed by atoms with Gasteiger partial charge in [-0.3, -0.25) is 9.59 Å². The molecule has 6 rings (SSSR count). The summed E-state index contributed by atoms with van der Waals surface area (Å²) in [6, 6.07) is 7.35. The van der Waals surface area contributed by atoms with E-state index in [0.29, 0.717) is 30.6 Å². The molecular weight excluding hydrogens is 413 g/mol. The van der Waals surface area contributed by atoms with E-state index < -0.39 is 5.82 Å².